The highest BCUT2D eigenvalue weighted by Crippen LogP contribution is 2.26. The fourth-order valence-corrected chi connectivity index (χ4v) is 2.89. The maximum absolute atomic E-state index is 5.95. The lowest BCUT2D eigenvalue weighted by Gasteiger charge is -2.32. The first kappa shape index (κ1) is 16.8. The molecule has 0 aliphatic carbocycles. The molecule has 0 bridgehead atoms. The smallest absolute Gasteiger partial charge is 0.161 e. The lowest BCUT2D eigenvalue weighted by atomic mass is 10.2. The molecule has 1 unspecified atom stereocenters. The Balaban J connectivity index is 1.52. The van der Waals surface area contributed by atoms with Gasteiger partial charge in [-0.2, -0.15) is 0 Å². The Morgan fingerprint density at radius 2 is 1.71 bits per heavy atom. The average Bonchev–Trinajstić information content (AvgIpc) is 2.62. The van der Waals surface area contributed by atoms with Gasteiger partial charge in [0, 0.05) is 19.6 Å². The minimum absolute atomic E-state index is 0.0807. The lowest BCUT2D eigenvalue weighted by Crippen LogP contribution is -2.44. The zero-order valence-corrected chi connectivity index (χ0v) is 14.2. The molecule has 1 heterocycles. The second-order valence-electron chi connectivity index (χ2n) is 5.90. The summed E-state index contributed by atoms with van der Waals surface area (Å²) in [6.45, 7) is 6.68. The minimum Gasteiger partial charge on any atom is -0.490 e. The van der Waals surface area contributed by atoms with Gasteiger partial charge < -0.3 is 14.2 Å². The first-order valence-electron chi connectivity index (χ1n) is 8.57. The molecule has 0 spiro atoms. The van der Waals surface area contributed by atoms with Crippen LogP contribution in [-0.4, -0.2) is 43.9 Å². The molecule has 1 fully saturated rings. The molecule has 1 aliphatic heterocycles. The third-order valence-electron chi connectivity index (χ3n) is 4.05. The van der Waals surface area contributed by atoms with E-state index in [0.717, 1.165) is 37.7 Å². The maximum Gasteiger partial charge on any atom is 0.161 e. The summed E-state index contributed by atoms with van der Waals surface area (Å²) in [6.07, 6.45) is 0.0807. The second-order valence-corrected chi connectivity index (χ2v) is 5.90. The predicted octanol–water partition coefficient (Wildman–Crippen LogP) is 3.37. The van der Waals surface area contributed by atoms with E-state index in [1.165, 1.54) is 5.56 Å². The van der Waals surface area contributed by atoms with Crippen LogP contribution in [0.3, 0.4) is 0 Å². The molecule has 1 saturated heterocycles. The van der Waals surface area contributed by atoms with Gasteiger partial charge in [0.25, 0.3) is 0 Å². The van der Waals surface area contributed by atoms with E-state index in [2.05, 4.69) is 35.2 Å². The zero-order chi connectivity index (χ0) is 16.6. The van der Waals surface area contributed by atoms with Crippen LogP contribution >= 0.6 is 0 Å². The number of ether oxygens (including phenoxy) is 3. The molecule has 1 aliphatic rings. The summed E-state index contributed by atoms with van der Waals surface area (Å²) < 4.78 is 17.4. The molecule has 0 N–H and O–H groups in total. The van der Waals surface area contributed by atoms with E-state index < -0.39 is 0 Å². The summed E-state index contributed by atoms with van der Waals surface area (Å²) in [5.74, 6) is 1.57. The van der Waals surface area contributed by atoms with Crippen molar-refractivity contribution in [2.24, 2.45) is 0 Å². The highest BCUT2D eigenvalue weighted by atomic mass is 16.5. The van der Waals surface area contributed by atoms with E-state index >= 15 is 0 Å². The molecule has 0 saturated carbocycles. The minimum atomic E-state index is 0.0807. The number of rotatable bonds is 7. The van der Waals surface area contributed by atoms with Gasteiger partial charge in [0.15, 0.2) is 11.5 Å². The number of para-hydroxylation sites is 2. The van der Waals surface area contributed by atoms with Crippen molar-refractivity contribution in [3.05, 3.63) is 60.2 Å². The number of hydrogen-bond donors (Lipinski definition) is 0. The van der Waals surface area contributed by atoms with Gasteiger partial charge in [0.2, 0.25) is 0 Å². The van der Waals surface area contributed by atoms with Crippen LogP contribution in [0.15, 0.2) is 54.6 Å². The van der Waals surface area contributed by atoms with Crippen LogP contribution in [0.1, 0.15) is 12.5 Å². The van der Waals surface area contributed by atoms with Gasteiger partial charge >= 0.3 is 0 Å². The Bertz CT molecular complexity index is 617. The quantitative estimate of drug-likeness (QED) is 0.780. The number of morpholine rings is 1. The molecule has 128 valence electrons. The molecule has 1 atom stereocenters. The summed E-state index contributed by atoms with van der Waals surface area (Å²) in [5.41, 5.74) is 1.33. The zero-order valence-electron chi connectivity index (χ0n) is 14.2. The fourth-order valence-electron chi connectivity index (χ4n) is 2.89. The van der Waals surface area contributed by atoms with Crippen molar-refractivity contribution < 1.29 is 14.2 Å². The number of hydrogen-bond acceptors (Lipinski definition) is 4. The maximum atomic E-state index is 5.95. The van der Waals surface area contributed by atoms with Crippen molar-refractivity contribution in [3.8, 4) is 11.5 Å². The van der Waals surface area contributed by atoms with Crippen LogP contribution in [0, 0.1) is 0 Å². The van der Waals surface area contributed by atoms with Crippen molar-refractivity contribution in [2.75, 3.05) is 32.9 Å². The Morgan fingerprint density at radius 1 is 1.00 bits per heavy atom. The average molecular weight is 327 g/mol. The first-order valence-corrected chi connectivity index (χ1v) is 8.57. The molecule has 4 nitrogen and oxygen atoms in total. The molecule has 0 amide bonds. The van der Waals surface area contributed by atoms with Gasteiger partial charge in [-0.05, 0) is 24.6 Å². The first-order chi connectivity index (χ1) is 11.8. The Hall–Kier alpha value is -2.04. The van der Waals surface area contributed by atoms with Crippen LogP contribution in [0.2, 0.25) is 0 Å². The molecule has 3 rings (SSSR count). The standard InChI is InChI=1S/C20H25NO3/c1-2-22-19-10-6-7-11-20(19)24-16-18-15-21(12-13-23-18)14-17-8-4-3-5-9-17/h3-11,18H,2,12-16H2,1H3. The van der Waals surface area contributed by atoms with E-state index in [1.54, 1.807) is 0 Å². The predicted molar refractivity (Wildman–Crippen MR) is 94.6 cm³/mol. The topological polar surface area (TPSA) is 30.9 Å². The molecule has 4 heteroatoms. The van der Waals surface area contributed by atoms with E-state index in [1.807, 2.05) is 31.2 Å². The van der Waals surface area contributed by atoms with Crippen LogP contribution in [0.5, 0.6) is 11.5 Å². The van der Waals surface area contributed by atoms with E-state index in [0.29, 0.717) is 13.2 Å². The molecular formula is C20H25NO3. The van der Waals surface area contributed by atoms with Crippen LogP contribution in [0.4, 0.5) is 0 Å². The SMILES string of the molecule is CCOc1ccccc1OCC1CN(Cc2ccccc2)CCO1. The summed E-state index contributed by atoms with van der Waals surface area (Å²) in [4.78, 5) is 2.42. The van der Waals surface area contributed by atoms with Crippen LogP contribution < -0.4 is 9.47 Å². The van der Waals surface area contributed by atoms with Crippen molar-refractivity contribution >= 4 is 0 Å². The van der Waals surface area contributed by atoms with Gasteiger partial charge in [-0.3, -0.25) is 4.90 Å². The third-order valence-corrected chi connectivity index (χ3v) is 4.05. The van der Waals surface area contributed by atoms with Crippen molar-refractivity contribution in [1.82, 2.24) is 4.90 Å². The van der Waals surface area contributed by atoms with Crippen molar-refractivity contribution in [3.63, 3.8) is 0 Å². The van der Waals surface area contributed by atoms with Gasteiger partial charge in [-0.1, -0.05) is 42.5 Å². The van der Waals surface area contributed by atoms with E-state index in [4.69, 9.17) is 14.2 Å². The third kappa shape index (κ3) is 4.73. The van der Waals surface area contributed by atoms with Gasteiger partial charge in [-0.25, -0.2) is 0 Å². The van der Waals surface area contributed by atoms with Gasteiger partial charge in [0.05, 0.1) is 13.2 Å². The largest absolute Gasteiger partial charge is 0.490 e. The van der Waals surface area contributed by atoms with Crippen molar-refractivity contribution in [1.29, 1.82) is 0 Å². The van der Waals surface area contributed by atoms with Crippen molar-refractivity contribution in [2.45, 2.75) is 19.6 Å². The molecule has 0 radical (unpaired) electrons. The summed E-state index contributed by atoms with van der Waals surface area (Å²) in [7, 11) is 0. The summed E-state index contributed by atoms with van der Waals surface area (Å²) in [5, 5.41) is 0. The molecule has 24 heavy (non-hydrogen) atoms. The lowest BCUT2D eigenvalue weighted by molar-refractivity contribution is -0.0507. The fraction of sp³-hybridized carbons (Fsp3) is 0.400. The summed E-state index contributed by atoms with van der Waals surface area (Å²) >= 11 is 0. The normalized spacial score (nSPS) is 18.3. The number of benzene rings is 2. The molecule has 2 aromatic carbocycles. The highest BCUT2D eigenvalue weighted by Gasteiger charge is 2.21. The summed E-state index contributed by atoms with van der Waals surface area (Å²) in [6, 6.07) is 18.3. The number of nitrogens with zero attached hydrogens (tertiary/aromatic N) is 1. The van der Waals surface area contributed by atoms with E-state index in [9.17, 15) is 0 Å². The Labute approximate surface area is 144 Å². The molecule has 2 aromatic rings. The molecule has 0 aromatic heterocycles. The monoisotopic (exact) mass is 327 g/mol. The Kier molecular flexibility index (Phi) is 6.10. The van der Waals surface area contributed by atoms with E-state index in [-0.39, 0.29) is 6.10 Å². The van der Waals surface area contributed by atoms with Gasteiger partial charge in [-0.15, -0.1) is 0 Å². The van der Waals surface area contributed by atoms with Crippen LogP contribution in [-0.2, 0) is 11.3 Å². The highest BCUT2D eigenvalue weighted by molar-refractivity contribution is 5.39. The molecular weight excluding hydrogens is 302 g/mol. The van der Waals surface area contributed by atoms with Crippen LogP contribution in [0.25, 0.3) is 0 Å². The second kappa shape index (κ2) is 8.71. The van der Waals surface area contributed by atoms with Gasteiger partial charge in [0.1, 0.15) is 12.7 Å². The Morgan fingerprint density at radius 3 is 2.46 bits per heavy atom.